The molecule has 3 saturated carbocycles. The number of fused-ring (bicyclic) bond motifs is 5. The van der Waals surface area contributed by atoms with Crippen molar-refractivity contribution in [1.82, 2.24) is 0 Å². The molecule has 0 spiro atoms. The molecule has 3 heteroatoms. The van der Waals surface area contributed by atoms with E-state index in [1.807, 2.05) is 0 Å². The molecule has 0 aromatic heterocycles. The minimum atomic E-state index is 0.0914. The molecule has 5 rings (SSSR count). The van der Waals surface area contributed by atoms with Crippen molar-refractivity contribution >= 4 is 5.78 Å². The average molecular weight is 341 g/mol. The monoisotopic (exact) mass is 341 g/mol. The van der Waals surface area contributed by atoms with Crippen LogP contribution in [0.5, 0.6) is 0 Å². The van der Waals surface area contributed by atoms with Gasteiger partial charge < -0.3 is 10.5 Å². The second kappa shape index (κ2) is 5.22. The molecule has 0 bridgehead atoms. The summed E-state index contributed by atoms with van der Waals surface area (Å²) in [6.07, 6.45) is 14.8. The molecule has 3 fully saturated rings. The Bertz CT molecular complexity index is 676. The van der Waals surface area contributed by atoms with Gasteiger partial charge in [0.05, 0.1) is 17.9 Å². The number of carbonyl (C=O) groups is 1. The predicted molar refractivity (Wildman–Crippen MR) is 97.6 cm³/mol. The number of Topliss-reactive ketones (excluding diaryl/α,β-unsaturated/α-hetero) is 1. The summed E-state index contributed by atoms with van der Waals surface area (Å²) in [5.41, 5.74) is 8.32. The fourth-order valence-corrected chi connectivity index (χ4v) is 6.79. The number of ether oxygens (including phenoxy) is 1. The lowest BCUT2D eigenvalue weighted by Gasteiger charge is -2.56. The molecule has 5 aliphatic carbocycles. The largest absolute Gasteiger partial charge is 0.396 e. The van der Waals surface area contributed by atoms with E-state index < -0.39 is 0 Å². The fraction of sp³-hybridized carbons (Fsp3) is 0.773. The van der Waals surface area contributed by atoms with Crippen molar-refractivity contribution in [2.45, 2.75) is 77.4 Å². The van der Waals surface area contributed by atoms with Gasteiger partial charge in [-0.25, -0.2) is 0 Å². The van der Waals surface area contributed by atoms with Crippen LogP contribution in [0.1, 0.15) is 65.2 Å². The van der Waals surface area contributed by atoms with E-state index in [1.54, 1.807) is 0 Å². The van der Waals surface area contributed by atoms with Gasteiger partial charge in [-0.15, -0.1) is 0 Å². The Kier molecular flexibility index (Phi) is 3.36. The zero-order chi connectivity index (χ0) is 17.4. The molecule has 0 aromatic carbocycles. The average Bonchev–Trinajstić information content (AvgIpc) is 3.34. The first-order valence-corrected chi connectivity index (χ1v) is 10.3. The van der Waals surface area contributed by atoms with Crippen molar-refractivity contribution in [3.63, 3.8) is 0 Å². The lowest BCUT2D eigenvalue weighted by atomic mass is 9.49. The predicted octanol–water partition coefficient (Wildman–Crippen LogP) is 4.13. The first-order chi connectivity index (χ1) is 11.9. The lowest BCUT2D eigenvalue weighted by molar-refractivity contribution is -0.118. The van der Waals surface area contributed by atoms with Crippen molar-refractivity contribution in [3.05, 3.63) is 23.4 Å². The van der Waals surface area contributed by atoms with Crippen LogP contribution in [-0.4, -0.2) is 18.0 Å². The lowest BCUT2D eigenvalue weighted by Crippen LogP contribution is -2.51. The van der Waals surface area contributed by atoms with E-state index in [1.165, 1.54) is 38.5 Å². The number of rotatable bonds is 2. The van der Waals surface area contributed by atoms with Gasteiger partial charge in [-0.1, -0.05) is 26.0 Å². The minimum Gasteiger partial charge on any atom is -0.396 e. The van der Waals surface area contributed by atoms with Crippen molar-refractivity contribution < 1.29 is 9.53 Å². The smallest absolute Gasteiger partial charge is 0.178 e. The summed E-state index contributed by atoms with van der Waals surface area (Å²) in [6, 6.07) is 0. The van der Waals surface area contributed by atoms with E-state index in [0.29, 0.717) is 41.6 Å². The van der Waals surface area contributed by atoms with Crippen LogP contribution in [-0.2, 0) is 9.53 Å². The van der Waals surface area contributed by atoms with Gasteiger partial charge in [0.25, 0.3) is 0 Å². The van der Waals surface area contributed by atoms with Gasteiger partial charge >= 0.3 is 0 Å². The summed E-state index contributed by atoms with van der Waals surface area (Å²) in [5, 5.41) is 0. The van der Waals surface area contributed by atoms with Gasteiger partial charge in [-0.05, 0) is 79.1 Å². The van der Waals surface area contributed by atoms with Crippen molar-refractivity contribution in [1.29, 1.82) is 0 Å². The number of nitrogens with two attached hydrogens (primary N) is 1. The minimum absolute atomic E-state index is 0.0914. The van der Waals surface area contributed by atoms with E-state index in [0.717, 1.165) is 17.9 Å². The van der Waals surface area contributed by atoms with Crippen molar-refractivity contribution in [2.75, 3.05) is 0 Å². The maximum absolute atomic E-state index is 12.1. The molecule has 2 N–H and O–H groups in total. The normalized spacial score (nSPS) is 49.0. The molecule has 0 radical (unpaired) electrons. The summed E-state index contributed by atoms with van der Waals surface area (Å²) < 4.78 is 6.44. The zero-order valence-corrected chi connectivity index (χ0v) is 15.6. The Morgan fingerprint density at radius 1 is 1.08 bits per heavy atom. The summed E-state index contributed by atoms with van der Waals surface area (Å²) in [5.74, 6) is 2.14. The maximum atomic E-state index is 12.1. The van der Waals surface area contributed by atoms with E-state index in [4.69, 9.17) is 10.5 Å². The highest BCUT2D eigenvalue weighted by Gasteiger charge is 2.59. The number of allylic oxidation sites excluding steroid dienone is 4. The Hall–Kier alpha value is -1.09. The summed E-state index contributed by atoms with van der Waals surface area (Å²) in [6.45, 7) is 4.87. The van der Waals surface area contributed by atoms with E-state index in [-0.39, 0.29) is 11.2 Å². The Morgan fingerprint density at radius 3 is 2.64 bits per heavy atom. The standard InChI is InChI=1S/C22H31NO2/c1-21-12-10-18(24)20(23)17(21)6-5-14-15-7-8-19(25-13-3-4-13)22(15,2)11-9-16(14)21/h5-6,13-16,19H,3-4,7-12,23H2,1-2H3/t14-,15-,16-,19?,21+,22-/m0/s1. The quantitative estimate of drug-likeness (QED) is 0.821. The Labute approximate surface area is 151 Å². The third kappa shape index (κ3) is 2.17. The summed E-state index contributed by atoms with van der Waals surface area (Å²) >= 11 is 0. The summed E-state index contributed by atoms with van der Waals surface area (Å²) in [7, 11) is 0. The van der Waals surface area contributed by atoms with E-state index >= 15 is 0 Å². The third-order valence-corrected chi connectivity index (χ3v) is 8.51. The number of carbonyl (C=O) groups excluding carboxylic acids is 1. The van der Waals surface area contributed by atoms with Gasteiger partial charge in [0.2, 0.25) is 0 Å². The first-order valence-electron chi connectivity index (χ1n) is 10.3. The SMILES string of the molecule is C[C@]12CCC(=O)C(N)=C1C=C[C@@H]1[C@@H]2CC[C@]2(C)C(OC3CC3)CC[C@@H]12. The number of ketones is 1. The molecule has 0 aliphatic heterocycles. The van der Waals surface area contributed by atoms with Gasteiger partial charge in [0.15, 0.2) is 5.78 Å². The van der Waals surface area contributed by atoms with Crippen LogP contribution in [0.4, 0.5) is 0 Å². The highest BCUT2D eigenvalue weighted by Crippen LogP contribution is 2.64. The second-order valence-electron chi connectivity index (χ2n) is 9.76. The van der Waals surface area contributed by atoms with E-state index in [9.17, 15) is 4.79 Å². The van der Waals surface area contributed by atoms with Crippen LogP contribution in [0, 0.1) is 28.6 Å². The molecule has 0 aromatic rings. The second-order valence-corrected chi connectivity index (χ2v) is 9.76. The maximum Gasteiger partial charge on any atom is 0.178 e. The molecule has 3 nitrogen and oxygen atoms in total. The molecule has 5 aliphatic rings. The fourth-order valence-electron chi connectivity index (χ4n) is 6.79. The number of hydrogen-bond donors (Lipinski definition) is 1. The molecule has 6 atom stereocenters. The Balaban J connectivity index is 1.49. The third-order valence-electron chi connectivity index (χ3n) is 8.51. The van der Waals surface area contributed by atoms with Gasteiger partial charge in [-0.2, -0.15) is 0 Å². The molecular formula is C22H31NO2. The van der Waals surface area contributed by atoms with Crippen molar-refractivity contribution in [2.24, 2.45) is 34.3 Å². The number of hydrogen-bond acceptors (Lipinski definition) is 3. The van der Waals surface area contributed by atoms with E-state index in [2.05, 4.69) is 26.0 Å². The van der Waals surface area contributed by atoms with Gasteiger partial charge in [-0.3, -0.25) is 4.79 Å². The van der Waals surface area contributed by atoms with Crippen LogP contribution in [0.3, 0.4) is 0 Å². The topological polar surface area (TPSA) is 52.3 Å². The van der Waals surface area contributed by atoms with Gasteiger partial charge in [0.1, 0.15) is 0 Å². The molecule has 25 heavy (non-hydrogen) atoms. The molecule has 0 heterocycles. The highest BCUT2D eigenvalue weighted by molar-refractivity contribution is 5.97. The molecule has 0 amide bonds. The van der Waals surface area contributed by atoms with Crippen LogP contribution < -0.4 is 5.73 Å². The summed E-state index contributed by atoms with van der Waals surface area (Å²) in [4.78, 5) is 12.1. The zero-order valence-electron chi connectivity index (χ0n) is 15.6. The first kappa shape index (κ1) is 16.1. The van der Waals surface area contributed by atoms with Crippen LogP contribution in [0.15, 0.2) is 23.4 Å². The Morgan fingerprint density at radius 2 is 1.88 bits per heavy atom. The van der Waals surface area contributed by atoms with Crippen molar-refractivity contribution in [3.8, 4) is 0 Å². The highest BCUT2D eigenvalue weighted by atomic mass is 16.5. The van der Waals surface area contributed by atoms with Crippen LogP contribution in [0.2, 0.25) is 0 Å². The molecular weight excluding hydrogens is 310 g/mol. The molecule has 0 saturated heterocycles. The van der Waals surface area contributed by atoms with Crippen LogP contribution in [0.25, 0.3) is 0 Å². The molecule has 1 unspecified atom stereocenters. The van der Waals surface area contributed by atoms with Gasteiger partial charge in [0, 0.05) is 6.42 Å². The van der Waals surface area contributed by atoms with Crippen LogP contribution >= 0.6 is 0 Å². The molecule has 136 valence electrons.